The number of nitrogens with one attached hydrogen (secondary N) is 2. The molecule has 146 valence electrons. The average Bonchev–Trinajstić information content (AvgIpc) is 3.27. The molecule has 0 aromatic carbocycles. The van der Waals surface area contributed by atoms with Crippen molar-refractivity contribution in [3.05, 3.63) is 21.9 Å². The first-order valence-corrected chi connectivity index (χ1v) is 10.3. The number of amides is 1. The lowest BCUT2D eigenvalue weighted by molar-refractivity contribution is -0.135. The number of thiophene rings is 1. The molecule has 2 heterocycles. The Morgan fingerprint density at radius 2 is 2.04 bits per heavy atom. The van der Waals surface area contributed by atoms with E-state index in [-0.39, 0.29) is 29.9 Å². The first-order valence-electron chi connectivity index (χ1n) is 9.47. The van der Waals surface area contributed by atoms with Crippen molar-refractivity contribution in [1.82, 2.24) is 15.5 Å². The molecule has 0 radical (unpaired) electrons. The van der Waals surface area contributed by atoms with Gasteiger partial charge in [-0.2, -0.15) is 0 Å². The Labute approximate surface area is 178 Å². The molecule has 3 rings (SSSR count). The number of carbonyl (C=O) groups is 1. The molecule has 1 aliphatic heterocycles. The topological polar surface area (TPSA) is 56.7 Å². The third-order valence-electron chi connectivity index (χ3n) is 5.24. The molecule has 2 N–H and O–H groups in total. The number of carbonyl (C=O) groups excluding carboxylic acids is 1. The highest BCUT2D eigenvalue weighted by atomic mass is 127. The number of aliphatic imine (C=N–C) groups is 1. The highest BCUT2D eigenvalue weighted by Crippen LogP contribution is 2.26. The fourth-order valence-corrected chi connectivity index (χ4v) is 4.66. The van der Waals surface area contributed by atoms with E-state index < -0.39 is 0 Å². The minimum absolute atomic E-state index is 0. The number of aryl methyl sites for hydroxylation is 1. The van der Waals surface area contributed by atoms with E-state index in [1.54, 1.807) is 18.4 Å². The van der Waals surface area contributed by atoms with Gasteiger partial charge in [-0.25, -0.2) is 0 Å². The van der Waals surface area contributed by atoms with E-state index >= 15 is 0 Å². The van der Waals surface area contributed by atoms with E-state index in [0.717, 1.165) is 44.9 Å². The molecular formula is C19H31IN4OS. The van der Waals surface area contributed by atoms with Crippen LogP contribution in [0, 0.1) is 12.8 Å². The molecule has 2 fully saturated rings. The van der Waals surface area contributed by atoms with E-state index in [1.165, 1.54) is 29.0 Å². The third-order valence-corrected chi connectivity index (χ3v) is 6.25. The van der Waals surface area contributed by atoms with Crippen LogP contribution in [0.25, 0.3) is 0 Å². The summed E-state index contributed by atoms with van der Waals surface area (Å²) < 4.78 is 0. The van der Waals surface area contributed by atoms with E-state index in [1.807, 2.05) is 0 Å². The molecule has 1 atom stereocenters. The Balaban J connectivity index is 0.00000243. The summed E-state index contributed by atoms with van der Waals surface area (Å²) in [6.07, 6.45) is 6.88. The predicted molar refractivity (Wildman–Crippen MR) is 119 cm³/mol. The Morgan fingerprint density at radius 3 is 2.69 bits per heavy atom. The molecule has 2 aliphatic rings. The molecule has 7 heteroatoms. The maximum absolute atomic E-state index is 12.7. The van der Waals surface area contributed by atoms with Gasteiger partial charge >= 0.3 is 0 Å². The number of guanidine groups is 1. The second kappa shape index (κ2) is 10.5. The van der Waals surface area contributed by atoms with E-state index in [4.69, 9.17) is 0 Å². The van der Waals surface area contributed by atoms with Gasteiger partial charge in [0, 0.05) is 41.9 Å². The molecule has 1 aromatic heterocycles. The highest BCUT2D eigenvalue weighted by Gasteiger charge is 2.31. The van der Waals surface area contributed by atoms with Gasteiger partial charge in [0.2, 0.25) is 5.91 Å². The molecule has 1 amide bonds. The number of hydrogen-bond acceptors (Lipinski definition) is 3. The van der Waals surface area contributed by atoms with Crippen molar-refractivity contribution in [2.24, 2.45) is 10.9 Å². The first-order chi connectivity index (χ1) is 12.2. The minimum Gasteiger partial charge on any atom is -0.352 e. The van der Waals surface area contributed by atoms with Crippen LogP contribution in [0.5, 0.6) is 0 Å². The lowest BCUT2D eigenvalue weighted by Gasteiger charge is -2.26. The van der Waals surface area contributed by atoms with Gasteiger partial charge in [-0.1, -0.05) is 19.3 Å². The van der Waals surface area contributed by atoms with Crippen molar-refractivity contribution >= 4 is 47.2 Å². The van der Waals surface area contributed by atoms with Crippen LogP contribution in [-0.2, 0) is 11.3 Å². The number of likely N-dealkylation sites (tertiary alicyclic amines) is 1. The molecule has 0 bridgehead atoms. The fourth-order valence-electron chi connectivity index (χ4n) is 3.82. The lowest BCUT2D eigenvalue weighted by Crippen LogP contribution is -2.45. The zero-order valence-corrected chi connectivity index (χ0v) is 18.9. The van der Waals surface area contributed by atoms with Crippen LogP contribution in [0.1, 0.15) is 48.3 Å². The molecule has 0 spiro atoms. The van der Waals surface area contributed by atoms with Gasteiger partial charge in [-0.15, -0.1) is 35.3 Å². The van der Waals surface area contributed by atoms with Crippen LogP contribution in [0.3, 0.4) is 0 Å². The maximum atomic E-state index is 12.7. The Hall–Kier alpha value is -0.830. The van der Waals surface area contributed by atoms with Crippen LogP contribution in [0.15, 0.2) is 17.1 Å². The van der Waals surface area contributed by atoms with Crippen molar-refractivity contribution in [3.8, 4) is 0 Å². The molecule has 1 saturated heterocycles. The van der Waals surface area contributed by atoms with E-state index in [2.05, 4.69) is 39.6 Å². The van der Waals surface area contributed by atoms with Crippen molar-refractivity contribution in [3.63, 3.8) is 0 Å². The molecule has 1 saturated carbocycles. The number of rotatable bonds is 4. The summed E-state index contributed by atoms with van der Waals surface area (Å²) in [7, 11) is 1.80. The molecular weight excluding hydrogens is 459 g/mol. The molecule has 1 unspecified atom stereocenters. The molecule has 26 heavy (non-hydrogen) atoms. The highest BCUT2D eigenvalue weighted by molar-refractivity contribution is 14.0. The standard InChI is InChI=1S/C19H30N4OS.HI/c1-14-8-9-17(25-14)12-21-19(20-2)22-16-10-11-23(13-16)18(24)15-6-4-3-5-7-15;/h8-9,15-16H,3-7,10-13H2,1-2H3,(H2,20,21,22);1H. The Morgan fingerprint density at radius 1 is 1.27 bits per heavy atom. The summed E-state index contributed by atoms with van der Waals surface area (Å²) >= 11 is 1.80. The SMILES string of the molecule is CN=C(NCc1ccc(C)s1)NC1CCN(C(=O)C2CCCCC2)C1.I. The summed E-state index contributed by atoms with van der Waals surface area (Å²) in [6, 6.07) is 4.59. The van der Waals surface area contributed by atoms with Crippen molar-refractivity contribution in [2.75, 3.05) is 20.1 Å². The third kappa shape index (κ3) is 5.84. The number of halogens is 1. The maximum Gasteiger partial charge on any atom is 0.225 e. The average molecular weight is 490 g/mol. The van der Waals surface area contributed by atoms with Crippen molar-refractivity contribution < 1.29 is 4.79 Å². The number of nitrogens with zero attached hydrogens (tertiary/aromatic N) is 2. The lowest BCUT2D eigenvalue weighted by atomic mass is 9.88. The van der Waals surface area contributed by atoms with Gasteiger partial charge < -0.3 is 15.5 Å². The van der Waals surface area contributed by atoms with Crippen LogP contribution in [-0.4, -0.2) is 42.9 Å². The van der Waals surface area contributed by atoms with Gasteiger partial charge in [0.05, 0.1) is 6.54 Å². The second-order valence-electron chi connectivity index (χ2n) is 7.19. The van der Waals surface area contributed by atoms with E-state index in [9.17, 15) is 4.79 Å². The largest absolute Gasteiger partial charge is 0.352 e. The Kier molecular flexibility index (Phi) is 8.66. The normalized spacial score (nSPS) is 21.4. The zero-order valence-electron chi connectivity index (χ0n) is 15.8. The van der Waals surface area contributed by atoms with Crippen molar-refractivity contribution in [2.45, 2.75) is 58.0 Å². The van der Waals surface area contributed by atoms with Gasteiger partial charge in [-0.05, 0) is 38.3 Å². The summed E-state index contributed by atoms with van der Waals surface area (Å²) in [5, 5.41) is 6.86. The quantitative estimate of drug-likeness (QED) is 0.386. The Bertz CT molecular complexity index is 612. The van der Waals surface area contributed by atoms with Crippen LogP contribution >= 0.6 is 35.3 Å². The van der Waals surface area contributed by atoms with Crippen molar-refractivity contribution in [1.29, 1.82) is 0 Å². The van der Waals surface area contributed by atoms with Gasteiger partial charge in [0.1, 0.15) is 0 Å². The van der Waals surface area contributed by atoms with Crippen LogP contribution in [0.4, 0.5) is 0 Å². The summed E-state index contributed by atoms with van der Waals surface area (Å²) in [4.78, 5) is 21.7. The first kappa shape index (κ1) is 21.5. The fraction of sp³-hybridized carbons (Fsp3) is 0.684. The van der Waals surface area contributed by atoms with Crippen LogP contribution in [0.2, 0.25) is 0 Å². The molecule has 1 aliphatic carbocycles. The minimum atomic E-state index is 0. The zero-order chi connectivity index (χ0) is 17.6. The van der Waals surface area contributed by atoms with Gasteiger partial charge in [0.15, 0.2) is 5.96 Å². The second-order valence-corrected chi connectivity index (χ2v) is 8.56. The summed E-state index contributed by atoms with van der Waals surface area (Å²) in [5.74, 6) is 1.47. The number of hydrogen-bond donors (Lipinski definition) is 2. The molecule has 1 aromatic rings. The van der Waals surface area contributed by atoms with Gasteiger partial charge in [-0.3, -0.25) is 9.79 Å². The molecule has 5 nitrogen and oxygen atoms in total. The monoisotopic (exact) mass is 490 g/mol. The summed E-state index contributed by atoms with van der Waals surface area (Å²) in [5.41, 5.74) is 0. The van der Waals surface area contributed by atoms with Gasteiger partial charge in [0.25, 0.3) is 0 Å². The van der Waals surface area contributed by atoms with Crippen LogP contribution < -0.4 is 10.6 Å². The summed E-state index contributed by atoms with van der Waals surface area (Å²) in [6.45, 7) is 4.58. The predicted octanol–water partition coefficient (Wildman–Crippen LogP) is 3.52. The van der Waals surface area contributed by atoms with E-state index in [0.29, 0.717) is 11.9 Å². The smallest absolute Gasteiger partial charge is 0.225 e.